The number of nitriles is 1. The Balaban J connectivity index is 1.11. The number of amides is 1. The van der Waals surface area contributed by atoms with Gasteiger partial charge in [-0.05, 0) is 63.1 Å². The first-order chi connectivity index (χ1) is 23.7. The number of nitrogens with zero attached hydrogens (tertiary/aromatic N) is 7. The predicted molar refractivity (Wildman–Crippen MR) is 184 cm³/mol. The molecule has 49 heavy (non-hydrogen) atoms. The Hall–Kier alpha value is -4.83. The predicted octanol–water partition coefficient (Wildman–Crippen LogP) is 5.02. The zero-order valence-corrected chi connectivity index (χ0v) is 27.9. The van der Waals surface area contributed by atoms with Crippen molar-refractivity contribution in [2.24, 2.45) is 0 Å². The minimum absolute atomic E-state index is 0.139. The van der Waals surface area contributed by atoms with Crippen LogP contribution < -0.4 is 10.5 Å². The van der Waals surface area contributed by atoms with Crippen molar-refractivity contribution < 1.29 is 18.7 Å². The molecule has 0 bridgehead atoms. The van der Waals surface area contributed by atoms with E-state index >= 15 is 4.39 Å². The van der Waals surface area contributed by atoms with Crippen LogP contribution in [0.25, 0.3) is 22.2 Å². The fourth-order valence-electron chi connectivity index (χ4n) is 7.15. The fourth-order valence-corrected chi connectivity index (χ4v) is 7.15. The third-order valence-electron chi connectivity index (χ3n) is 9.97. The second-order valence-corrected chi connectivity index (χ2v) is 13.5. The first kappa shape index (κ1) is 32.7. The molecule has 5 heterocycles. The lowest BCUT2D eigenvalue weighted by molar-refractivity contribution is -0.128. The van der Waals surface area contributed by atoms with Crippen LogP contribution in [-0.4, -0.2) is 99.4 Å². The molecule has 3 fully saturated rings. The molecule has 7 rings (SSSR count). The molecule has 11 nitrogen and oxygen atoms in total. The van der Waals surface area contributed by atoms with Crippen LogP contribution in [0.15, 0.2) is 72.4 Å². The van der Waals surface area contributed by atoms with Gasteiger partial charge in [-0.2, -0.15) is 10.4 Å². The standard InChI is InChI=1S/C37H41FN8O3/c1-37(2,45-17-15-43(16-18-45)27-23-48-24-27)20-25(21-39)36(47)44-14-6-7-26(22-44)46-32-12-13-41-35(40)33(32)34(42-46)30-11-10-29(19-31(30)38)49-28-8-4-3-5-9-28/h3-5,8-13,19-20,26-27H,6-7,14-18,22-24H2,1-2H3,(H2,40,41). The van der Waals surface area contributed by atoms with Crippen LogP contribution in [0.1, 0.15) is 32.7 Å². The fraction of sp³-hybridized carbons (Fsp3) is 0.405. The van der Waals surface area contributed by atoms with E-state index in [2.05, 4.69) is 34.7 Å². The van der Waals surface area contributed by atoms with Gasteiger partial charge in [0.05, 0.1) is 36.2 Å². The first-order valence-corrected chi connectivity index (χ1v) is 16.9. The molecular formula is C37H41FN8O3. The number of fused-ring (bicyclic) bond motifs is 1. The number of ether oxygens (including phenoxy) is 2. The largest absolute Gasteiger partial charge is 0.457 e. The maximum Gasteiger partial charge on any atom is 0.264 e. The van der Waals surface area contributed by atoms with Crippen LogP contribution in [0.5, 0.6) is 11.5 Å². The third-order valence-corrected chi connectivity index (χ3v) is 9.97. The molecule has 1 amide bonds. The molecule has 1 atom stereocenters. The molecule has 3 aliphatic rings. The van der Waals surface area contributed by atoms with Crippen LogP contribution in [0.2, 0.25) is 0 Å². The molecule has 0 aliphatic carbocycles. The van der Waals surface area contributed by atoms with Crippen molar-refractivity contribution in [3.05, 3.63) is 78.3 Å². The van der Waals surface area contributed by atoms with E-state index in [1.165, 1.54) is 6.07 Å². The lowest BCUT2D eigenvalue weighted by atomic mass is 9.96. The second kappa shape index (κ2) is 13.6. The van der Waals surface area contributed by atoms with E-state index in [4.69, 9.17) is 20.3 Å². The topological polar surface area (TPSA) is 126 Å². The number of aromatic nitrogens is 3. The van der Waals surface area contributed by atoms with Crippen molar-refractivity contribution in [2.75, 3.05) is 58.2 Å². The Kier molecular flexibility index (Phi) is 9.07. The molecule has 2 aromatic heterocycles. The molecule has 1 unspecified atom stereocenters. The van der Waals surface area contributed by atoms with Gasteiger partial charge in [0.25, 0.3) is 5.91 Å². The van der Waals surface area contributed by atoms with Crippen molar-refractivity contribution in [1.29, 1.82) is 5.26 Å². The van der Waals surface area contributed by atoms with Gasteiger partial charge in [0, 0.05) is 62.6 Å². The number of likely N-dealkylation sites (tertiary alicyclic amines) is 1. The summed E-state index contributed by atoms with van der Waals surface area (Å²) >= 11 is 0. The highest BCUT2D eigenvalue weighted by atomic mass is 19.1. The number of anilines is 1. The molecule has 2 aromatic carbocycles. The average Bonchev–Trinajstić information content (AvgIpc) is 3.48. The highest BCUT2D eigenvalue weighted by Crippen LogP contribution is 2.37. The molecule has 4 aromatic rings. The maximum absolute atomic E-state index is 15.7. The summed E-state index contributed by atoms with van der Waals surface area (Å²) in [5.41, 5.74) is 7.39. The van der Waals surface area contributed by atoms with Gasteiger partial charge in [0.15, 0.2) is 0 Å². The summed E-state index contributed by atoms with van der Waals surface area (Å²) in [5, 5.41) is 15.6. The second-order valence-electron chi connectivity index (χ2n) is 13.5. The van der Waals surface area contributed by atoms with E-state index in [-0.39, 0.29) is 28.9 Å². The number of nitrogens with two attached hydrogens (primary N) is 1. The summed E-state index contributed by atoms with van der Waals surface area (Å²) in [7, 11) is 0. The monoisotopic (exact) mass is 664 g/mol. The zero-order valence-electron chi connectivity index (χ0n) is 27.9. The van der Waals surface area contributed by atoms with Crippen LogP contribution in [0.3, 0.4) is 0 Å². The Bertz CT molecular complexity index is 1910. The van der Waals surface area contributed by atoms with Crippen LogP contribution in [-0.2, 0) is 9.53 Å². The Morgan fingerprint density at radius 3 is 2.53 bits per heavy atom. The number of pyridine rings is 1. The summed E-state index contributed by atoms with van der Waals surface area (Å²) in [6.45, 7) is 10.2. The molecule has 2 N–H and O–H groups in total. The first-order valence-electron chi connectivity index (χ1n) is 16.9. The summed E-state index contributed by atoms with van der Waals surface area (Å²) in [6.07, 6.45) is 4.91. The number of piperazine rings is 1. The van der Waals surface area contributed by atoms with Gasteiger partial charge in [-0.15, -0.1) is 0 Å². The van der Waals surface area contributed by atoms with Crippen LogP contribution in [0, 0.1) is 17.1 Å². The number of halogens is 1. The smallest absolute Gasteiger partial charge is 0.264 e. The van der Waals surface area contributed by atoms with Gasteiger partial charge in [0.2, 0.25) is 0 Å². The number of carbonyl (C=O) groups excluding carboxylic acids is 1. The molecule has 0 spiro atoms. The molecule has 254 valence electrons. The van der Waals surface area contributed by atoms with Gasteiger partial charge in [-0.3, -0.25) is 19.3 Å². The van der Waals surface area contributed by atoms with Crippen LogP contribution in [0.4, 0.5) is 10.2 Å². The number of piperidine rings is 1. The Morgan fingerprint density at radius 2 is 1.84 bits per heavy atom. The molecule has 0 saturated carbocycles. The normalized spacial score (nSPS) is 19.8. The number of hydrogen-bond donors (Lipinski definition) is 1. The molecule has 0 radical (unpaired) electrons. The summed E-state index contributed by atoms with van der Waals surface area (Å²) in [6, 6.07) is 18.2. The summed E-state index contributed by atoms with van der Waals surface area (Å²) < 4.78 is 28.7. The van der Waals surface area contributed by atoms with Gasteiger partial charge < -0.3 is 20.1 Å². The van der Waals surface area contributed by atoms with E-state index in [0.717, 1.165) is 52.2 Å². The van der Waals surface area contributed by atoms with Gasteiger partial charge in [-0.1, -0.05) is 18.2 Å². The number of nitrogen functional groups attached to an aromatic ring is 1. The third kappa shape index (κ3) is 6.62. The lowest BCUT2D eigenvalue weighted by Gasteiger charge is -2.46. The van der Waals surface area contributed by atoms with Crippen molar-refractivity contribution in [3.63, 3.8) is 0 Å². The van der Waals surface area contributed by atoms with Gasteiger partial charge in [-0.25, -0.2) is 9.37 Å². The lowest BCUT2D eigenvalue weighted by Crippen LogP contribution is -2.59. The van der Waals surface area contributed by atoms with Crippen molar-refractivity contribution in [2.45, 2.75) is 44.3 Å². The van der Waals surface area contributed by atoms with E-state index in [0.29, 0.717) is 47.2 Å². The maximum atomic E-state index is 15.7. The zero-order chi connectivity index (χ0) is 34.1. The number of benzene rings is 2. The van der Waals surface area contributed by atoms with Gasteiger partial charge >= 0.3 is 0 Å². The summed E-state index contributed by atoms with van der Waals surface area (Å²) in [4.78, 5) is 24.7. The van der Waals surface area contributed by atoms with E-state index in [1.54, 1.807) is 35.4 Å². The van der Waals surface area contributed by atoms with Crippen molar-refractivity contribution in [1.82, 2.24) is 29.5 Å². The number of rotatable bonds is 8. The average molecular weight is 665 g/mol. The number of hydrogen-bond acceptors (Lipinski definition) is 9. The number of carbonyl (C=O) groups is 1. The minimum atomic E-state index is -0.506. The van der Waals surface area contributed by atoms with E-state index in [9.17, 15) is 10.1 Å². The van der Waals surface area contributed by atoms with Gasteiger partial charge in [0.1, 0.15) is 40.5 Å². The molecule has 12 heteroatoms. The van der Waals surface area contributed by atoms with Crippen LogP contribution >= 0.6 is 0 Å². The molecule has 3 saturated heterocycles. The van der Waals surface area contributed by atoms with Crippen molar-refractivity contribution in [3.8, 4) is 28.8 Å². The molecular weight excluding hydrogens is 623 g/mol. The van der Waals surface area contributed by atoms with E-state index < -0.39 is 11.4 Å². The quantitative estimate of drug-likeness (QED) is 0.204. The summed E-state index contributed by atoms with van der Waals surface area (Å²) in [5.74, 6) is 0.409. The molecule has 3 aliphatic heterocycles. The number of para-hydroxylation sites is 1. The highest BCUT2D eigenvalue weighted by Gasteiger charge is 2.35. The SMILES string of the molecule is CC(C)(C=C(C#N)C(=O)N1CCCC(n2nc(-c3ccc(Oc4ccccc4)cc3F)c3c(N)nccc32)C1)N1CCN(C2COC2)CC1. The Morgan fingerprint density at radius 1 is 1.06 bits per heavy atom. The van der Waals surface area contributed by atoms with Crippen molar-refractivity contribution >= 4 is 22.6 Å². The minimum Gasteiger partial charge on any atom is -0.457 e. The Labute approximate surface area is 285 Å². The van der Waals surface area contributed by atoms with E-state index in [1.807, 2.05) is 35.0 Å². The highest BCUT2D eigenvalue weighted by molar-refractivity contribution is 6.00.